The lowest BCUT2D eigenvalue weighted by Gasteiger charge is -2.30. The summed E-state index contributed by atoms with van der Waals surface area (Å²) in [6.45, 7) is 2.17. The smallest absolute Gasteiger partial charge is 0.243 e. The predicted molar refractivity (Wildman–Crippen MR) is 142 cm³/mol. The maximum absolute atomic E-state index is 12.9. The van der Waals surface area contributed by atoms with Gasteiger partial charge in [-0.05, 0) is 74.2 Å². The van der Waals surface area contributed by atoms with Crippen LogP contribution in [-0.4, -0.2) is 77.8 Å². The van der Waals surface area contributed by atoms with Gasteiger partial charge >= 0.3 is 0 Å². The molecule has 2 aliphatic heterocycles. The van der Waals surface area contributed by atoms with Crippen molar-refractivity contribution in [3.05, 3.63) is 48.5 Å². The van der Waals surface area contributed by atoms with Crippen LogP contribution in [0.15, 0.2) is 58.3 Å². The van der Waals surface area contributed by atoms with Gasteiger partial charge in [0.2, 0.25) is 26.0 Å². The van der Waals surface area contributed by atoms with Crippen LogP contribution in [0.3, 0.4) is 0 Å². The molecule has 1 N–H and O–H groups in total. The van der Waals surface area contributed by atoms with E-state index < -0.39 is 20.0 Å². The highest BCUT2D eigenvalue weighted by Gasteiger charge is 2.32. The van der Waals surface area contributed by atoms with Crippen molar-refractivity contribution in [2.45, 2.75) is 41.9 Å². The fraction of sp³-hybridized carbons (Fsp3) is 0.500. The Morgan fingerprint density at radius 3 is 1.82 bits per heavy atom. The number of benzene rings is 2. The number of methoxy groups -OCH3 is 1. The molecule has 2 aliphatic rings. The van der Waals surface area contributed by atoms with E-state index >= 15 is 0 Å². The van der Waals surface area contributed by atoms with E-state index in [1.807, 2.05) is 0 Å². The quantitative estimate of drug-likeness (QED) is 0.439. The topological polar surface area (TPSA) is 122 Å². The lowest BCUT2D eigenvalue weighted by Crippen LogP contribution is -2.43. The number of sulfonamides is 2. The second kappa shape index (κ2) is 12.5. The Hall–Kier alpha value is -2.67. The van der Waals surface area contributed by atoms with Crippen molar-refractivity contribution in [1.29, 1.82) is 0 Å². The van der Waals surface area contributed by atoms with E-state index in [0.29, 0.717) is 37.4 Å². The Balaban J connectivity index is 1.19. The van der Waals surface area contributed by atoms with Crippen LogP contribution in [-0.2, 0) is 24.8 Å². The van der Waals surface area contributed by atoms with Crippen molar-refractivity contribution < 1.29 is 31.1 Å². The molecule has 38 heavy (non-hydrogen) atoms. The summed E-state index contributed by atoms with van der Waals surface area (Å²) < 4.78 is 65.0. The molecule has 4 rings (SSSR count). The molecule has 0 aromatic heterocycles. The number of piperidine rings is 2. The zero-order chi connectivity index (χ0) is 27.2. The van der Waals surface area contributed by atoms with Crippen molar-refractivity contribution in [3.63, 3.8) is 0 Å². The molecule has 0 radical (unpaired) electrons. The first-order chi connectivity index (χ1) is 18.2. The summed E-state index contributed by atoms with van der Waals surface area (Å²) in [5.41, 5.74) is 0. The van der Waals surface area contributed by atoms with Crippen LogP contribution in [0.25, 0.3) is 0 Å². The fourth-order valence-electron chi connectivity index (χ4n) is 4.70. The van der Waals surface area contributed by atoms with Gasteiger partial charge in [-0.25, -0.2) is 16.8 Å². The van der Waals surface area contributed by atoms with Crippen LogP contribution in [0.1, 0.15) is 32.1 Å². The minimum Gasteiger partial charge on any atom is -0.497 e. The Bertz CT molecular complexity index is 1280. The largest absolute Gasteiger partial charge is 0.497 e. The molecular weight excluding hydrogens is 530 g/mol. The van der Waals surface area contributed by atoms with Gasteiger partial charge in [0, 0.05) is 32.1 Å². The van der Waals surface area contributed by atoms with Crippen LogP contribution in [0.5, 0.6) is 11.5 Å². The minimum absolute atomic E-state index is 0.127. The third-order valence-corrected chi connectivity index (χ3v) is 10.8. The lowest BCUT2D eigenvalue weighted by atomic mass is 9.97. The molecule has 10 nitrogen and oxygen atoms in total. The molecule has 2 saturated heterocycles. The molecule has 1 amide bonds. The number of hydrogen-bond donors (Lipinski definition) is 1. The summed E-state index contributed by atoms with van der Waals surface area (Å²) in [7, 11) is -5.58. The highest BCUT2D eigenvalue weighted by atomic mass is 32.2. The van der Waals surface area contributed by atoms with Gasteiger partial charge in [-0.3, -0.25) is 4.79 Å². The Morgan fingerprint density at radius 1 is 0.789 bits per heavy atom. The maximum Gasteiger partial charge on any atom is 0.243 e. The normalized spacial score (nSPS) is 18.1. The maximum atomic E-state index is 12.9. The fourth-order valence-corrected chi connectivity index (χ4v) is 7.69. The Morgan fingerprint density at radius 2 is 1.29 bits per heavy atom. The first-order valence-electron chi connectivity index (χ1n) is 12.9. The molecule has 0 unspecified atom stereocenters. The molecule has 208 valence electrons. The van der Waals surface area contributed by atoms with Gasteiger partial charge in [0.25, 0.3) is 0 Å². The van der Waals surface area contributed by atoms with Crippen molar-refractivity contribution in [3.8, 4) is 11.5 Å². The molecule has 2 aromatic carbocycles. The second-order valence-electron chi connectivity index (χ2n) is 9.43. The minimum atomic E-state index is -3.62. The summed E-state index contributed by atoms with van der Waals surface area (Å²) in [4.78, 5) is 13.0. The molecule has 2 aromatic rings. The number of nitrogens with one attached hydrogen (secondary N) is 1. The monoisotopic (exact) mass is 565 g/mol. The van der Waals surface area contributed by atoms with E-state index in [4.69, 9.17) is 9.47 Å². The average Bonchev–Trinajstić information content (AvgIpc) is 2.96. The molecular formula is C26H35N3O7S2. The van der Waals surface area contributed by atoms with E-state index in [1.165, 1.54) is 27.9 Å². The van der Waals surface area contributed by atoms with Gasteiger partial charge in [0.1, 0.15) is 18.1 Å². The summed E-state index contributed by atoms with van der Waals surface area (Å²) in [5, 5.41) is 2.85. The second-order valence-corrected chi connectivity index (χ2v) is 13.3. The van der Waals surface area contributed by atoms with Crippen molar-refractivity contribution in [1.82, 2.24) is 13.9 Å². The summed E-state index contributed by atoms with van der Waals surface area (Å²) in [6.07, 6.45) is 3.70. The van der Waals surface area contributed by atoms with Crippen molar-refractivity contribution >= 4 is 26.0 Å². The first-order valence-corrected chi connectivity index (χ1v) is 15.7. The molecule has 2 fully saturated rings. The van der Waals surface area contributed by atoms with Gasteiger partial charge in [-0.2, -0.15) is 8.61 Å². The van der Waals surface area contributed by atoms with E-state index in [2.05, 4.69) is 5.32 Å². The molecule has 12 heteroatoms. The van der Waals surface area contributed by atoms with Crippen LogP contribution in [0.2, 0.25) is 0 Å². The number of ether oxygens (including phenoxy) is 2. The van der Waals surface area contributed by atoms with Gasteiger partial charge in [-0.15, -0.1) is 0 Å². The lowest BCUT2D eigenvalue weighted by molar-refractivity contribution is -0.126. The number of rotatable bonds is 10. The first kappa shape index (κ1) is 28.3. The van der Waals surface area contributed by atoms with Crippen LogP contribution < -0.4 is 14.8 Å². The molecule has 0 atom stereocenters. The van der Waals surface area contributed by atoms with Gasteiger partial charge < -0.3 is 14.8 Å². The number of nitrogens with zero attached hydrogens (tertiary/aromatic N) is 2. The standard InChI is InChI=1S/C26H35N3O7S2/c1-35-22-5-9-24(10-6-22)38(33,34)29-18-13-21(14-19-29)26(30)27-15-20-36-23-7-11-25(12-8-23)37(31,32)28-16-3-2-4-17-28/h5-12,21H,2-4,13-20H2,1H3,(H,27,30). The molecule has 0 bridgehead atoms. The van der Waals surface area contributed by atoms with Gasteiger partial charge in [0.15, 0.2) is 0 Å². The Labute approximate surface area is 225 Å². The van der Waals surface area contributed by atoms with Crippen LogP contribution >= 0.6 is 0 Å². The summed E-state index contributed by atoms with van der Waals surface area (Å²) in [5.74, 6) is 0.713. The van der Waals surface area contributed by atoms with E-state index in [1.54, 1.807) is 36.4 Å². The van der Waals surface area contributed by atoms with Crippen LogP contribution in [0.4, 0.5) is 0 Å². The third kappa shape index (κ3) is 6.66. The summed E-state index contributed by atoms with van der Waals surface area (Å²) in [6, 6.07) is 12.6. The van der Waals surface area contributed by atoms with Gasteiger partial charge in [-0.1, -0.05) is 6.42 Å². The Kier molecular flexibility index (Phi) is 9.29. The van der Waals surface area contributed by atoms with E-state index in [-0.39, 0.29) is 47.9 Å². The predicted octanol–water partition coefficient (Wildman–Crippen LogP) is 2.47. The van der Waals surface area contributed by atoms with Gasteiger partial charge in [0.05, 0.1) is 23.4 Å². The SMILES string of the molecule is COc1ccc(S(=O)(=O)N2CCC(C(=O)NCCOc3ccc(S(=O)(=O)N4CCCCC4)cc3)CC2)cc1. The third-order valence-electron chi connectivity index (χ3n) is 6.97. The zero-order valence-electron chi connectivity index (χ0n) is 21.5. The number of carbonyl (C=O) groups excluding carboxylic acids is 1. The summed E-state index contributed by atoms with van der Waals surface area (Å²) >= 11 is 0. The number of carbonyl (C=O) groups is 1. The molecule has 0 saturated carbocycles. The molecule has 2 heterocycles. The van der Waals surface area contributed by atoms with Crippen molar-refractivity contribution in [2.24, 2.45) is 5.92 Å². The zero-order valence-corrected chi connectivity index (χ0v) is 23.2. The number of amides is 1. The highest BCUT2D eigenvalue weighted by molar-refractivity contribution is 7.89. The molecule has 0 spiro atoms. The van der Waals surface area contributed by atoms with E-state index in [9.17, 15) is 21.6 Å². The average molecular weight is 566 g/mol. The van der Waals surface area contributed by atoms with Crippen LogP contribution in [0, 0.1) is 5.92 Å². The number of hydrogen-bond acceptors (Lipinski definition) is 7. The van der Waals surface area contributed by atoms with Crippen molar-refractivity contribution in [2.75, 3.05) is 46.4 Å². The molecule has 0 aliphatic carbocycles. The van der Waals surface area contributed by atoms with E-state index in [0.717, 1.165) is 19.3 Å². The highest BCUT2D eigenvalue weighted by Crippen LogP contribution is 2.26.